The zero-order valence-corrected chi connectivity index (χ0v) is 37.6. The SMILES string of the molecule is Cc1c(CP(=O)(O)O)cc(CP(=O)(O)O)c(C)c1Cn1c(-c2cccc(-c3nc4ccccc4n3Cc3c(C)c(CP(=O)(O)O)cc(CP(=O)(O)O)c3C)n2)nc2ccccc21. The normalized spacial score (nSPS) is 12.8. The number of para-hydroxylation sites is 4. The minimum Gasteiger partial charge on any atom is -0.324 e. The number of imidazole rings is 2. The highest BCUT2D eigenvalue weighted by Crippen LogP contribution is 2.47. The highest BCUT2D eigenvalue weighted by molar-refractivity contribution is 7.51. The molecular weight excluding hydrogens is 878 g/mol. The Kier molecular flexibility index (Phi) is 12.5. The van der Waals surface area contributed by atoms with E-state index in [0.717, 1.165) is 0 Å². The summed E-state index contributed by atoms with van der Waals surface area (Å²) in [7, 11) is -18.3. The maximum absolute atomic E-state index is 12.2. The molecule has 0 bridgehead atoms. The van der Waals surface area contributed by atoms with Gasteiger partial charge in [0.25, 0.3) is 0 Å². The number of benzene rings is 4. The van der Waals surface area contributed by atoms with Gasteiger partial charge in [-0.1, -0.05) is 42.5 Å². The molecule has 326 valence electrons. The van der Waals surface area contributed by atoms with E-state index in [1.54, 1.807) is 45.9 Å². The molecule has 21 heteroatoms. The van der Waals surface area contributed by atoms with Gasteiger partial charge in [0.15, 0.2) is 11.6 Å². The van der Waals surface area contributed by atoms with Gasteiger partial charge in [0.2, 0.25) is 0 Å². The molecule has 0 spiro atoms. The summed E-state index contributed by atoms with van der Waals surface area (Å²) in [5, 5.41) is 0. The summed E-state index contributed by atoms with van der Waals surface area (Å²) in [6, 6.07) is 22.9. The molecule has 4 aromatic carbocycles. The van der Waals surface area contributed by atoms with E-state index < -0.39 is 55.0 Å². The molecule has 3 heterocycles. The molecule has 17 nitrogen and oxygen atoms in total. The topological polar surface area (TPSA) is 279 Å². The third-order valence-electron chi connectivity index (χ3n) is 11.1. The van der Waals surface area contributed by atoms with Gasteiger partial charge < -0.3 is 48.3 Å². The van der Waals surface area contributed by atoms with Crippen LogP contribution in [0.3, 0.4) is 0 Å². The Morgan fingerprint density at radius 3 is 1.05 bits per heavy atom. The molecule has 0 atom stereocenters. The Morgan fingerprint density at radius 2 is 0.742 bits per heavy atom. The molecule has 0 saturated heterocycles. The first-order valence-corrected chi connectivity index (χ1v) is 26.3. The standard InChI is InChI=1S/C41H45N5O12P4/c1-24-28(20-59(47,48)49)16-29(21-60(50,51)52)25(2)32(24)18-45-38-14-7-5-10-34(38)43-40(45)36-12-9-13-37(42-36)41-44-35-11-6-8-15-39(35)46(41)19-33-26(3)30(22-61(53,54)55)17-31(27(33)4)23-62(56,57)58/h5-17H,18-23H2,1-4H3,(H2,47,48,49)(H2,50,51,52)(H2,53,54,55)(H2,56,57,58). The van der Waals surface area contributed by atoms with Crippen molar-refractivity contribution in [2.45, 2.75) is 65.4 Å². The van der Waals surface area contributed by atoms with Gasteiger partial charge in [-0.3, -0.25) is 18.3 Å². The van der Waals surface area contributed by atoms with E-state index in [1.165, 1.54) is 12.1 Å². The van der Waals surface area contributed by atoms with E-state index in [0.29, 0.717) is 78.5 Å². The van der Waals surface area contributed by atoms with Crippen LogP contribution in [0.2, 0.25) is 0 Å². The van der Waals surface area contributed by atoms with Crippen molar-refractivity contribution in [2.75, 3.05) is 0 Å². The van der Waals surface area contributed by atoms with Gasteiger partial charge >= 0.3 is 30.4 Å². The van der Waals surface area contributed by atoms with Crippen molar-refractivity contribution in [1.82, 2.24) is 24.1 Å². The Bertz CT molecular complexity index is 2810. The molecule has 0 amide bonds. The molecule has 0 aliphatic rings. The molecule has 7 rings (SSSR count). The quantitative estimate of drug-likeness (QED) is 0.0503. The number of nitrogens with zero attached hydrogens (tertiary/aromatic N) is 5. The fraction of sp³-hybridized carbons (Fsp3) is 0.244. The maximum atomic E-state index is 12.2. The summed E-state index contributed by atoms with van der Waals surface area (Å²) in [5.41, 5.74) is 7.96. The van der Waals surface area contributed by atoms with Crippen LogP contribution in [0.1, 0.15) is 55.6 Å². The summed E-state index contributed by atoms with van der Waals surface area (Å²) in [5.74, 6) is 0.843. The molecule has 0 aliphatic heterocycles. The minimum atomic E-state index is -4.58. The molecule has 0 aliphatic carbocycles. The van der Waals surface area contributed by atoms with Crippen molar-refractivity contribution in [3.05, 3.63) is 134 Å². The predicted octanol–water partition coefficient (Wildman–Crippen LogP) is 7.16. The molecular formula is C41H45N5O12P4. The first kappa shape index (κ1) is 45.6. The second-order valence-electron chi connectivity index (χ2n) is 15.6. The zero-order chi connectivity index (χ0) is 45.1. The van der Waals surface area contributed by atoms with Crippen molar-refractivity contribution < 1.29 is 57.4 Å². The van der Waals surface area contributed by atoms with Crippen LogP contribution < -0.4 is 0 Å². The Balaban J connectivity index is 1.39. The van der Waals surface area contributed by atoms with Gasteiger partial charge in [-0.05, 0) is 120 Å². The lowest BCUT2D eigenvalue weighted by molar-refractivity contribution is 0.368. The van der Waals surface area contributed by atoms with Crippen molar-refractivity contribution in [3.63, 3.8) is 0 Å². The summed E-state index contributed by atoms with van der Waals surface area (Å²) in [6.45, 7) is 7.08. The predicted molar refractivity (Wildman–Crippen MR) is 235 cm³/mol. The fourth-order valence-electron chi connectivity index (χ4n) is 8.07. The van der Waals surface area contributed by atoms with E-state index in [4.69, 9.17) is 15.0 Å². The van der Waals surface area contributed by atoms with Gasteiger partial charge in [0, 0.05) is 0 Å². The van der Waals surface area contributed by atoms with Crippen LogP contribution in [0.5, 0.6) is 0 Å². The highest BCUT2D eigenvalue weighted by atomic mass is 31.2. The molecule has 8 N–H and O–H groups in total. The minimum absolute atomic E-state index is 0.0988. The lowest BCUT2D eigenvalue weighted by Crippen LogP contribution is -2.11. The van der Waals surface area contributed by atoms with Crippen LogP contribution in [0, 0.1) is 27.7 Å². The van der Waals surface area contributed by atoms with Crippen molar-refractivity contribution in [2.24, 2.45) is 0 Å². The maximum Gasteiger partial charge on any atom is 0.329 e. The van der Waals surface area contributed by atoms with Crippen LogP contribution >= 0.6 is 30.4 Å². The number of fused-ring (bicyclic) bond motifs is 2. The van der Waals surface area contributed by atoms with E-state index >= 15 is 0 Å². The largest absolute Gasteiger partial charge is 0.329 e. The smallest absolute Gasteiger partial charge is 0.324 e. The molecule has 0 fully saturated rings. The molecule has 0 radical (unpaired) electrons. The summed E-state index contributed by atoms with van der Waals surface area (Å²) in [6.07, 6.45) is -2.50. The average molecular weight is 924 g/mol. The molecule has 7 aromatic rings. The monoisotopic (exact) mass is 923 g/mol. The van der Waals surface area contributed by atoms with Gasteiger partial charge in [-0.15, -0.1) is 0 Å². The van der Waals surface area contributed by atoms with Gasteiger partial charge in [-0.25, -0.2) is 15.0 Å². The number of aromatic nitrogens is 5. The van der Waals surface area contributed by atoms with Crippen LogP contribution in [0.15, 0.2) is 78.9 Å². The van der Waals surface area contributed by atoms with E-state index in [-0.39, 0.29) is 35.3 Å². The molecule has 62 heavy (non-hydrogen) atoms. The molecule has 0 saturated carbocycles. The number of pyridine rings is 1. The Hall–Kier alpha value is -4.43. The molecule has 0 unspecified atom stereocenters. The van der Waals surface area contributed by atoms with Crippen molar-refractivity contribution in [1.29, 1.82) is 0 Å². The van der Waals surface area contributed by atoms with E-state index in [1.807, 2.05) is 57.7 Å². The van der Waals surface area contributed by atoms with Crippen LogP contribution in [0.4, 0.5) is 0 Å². The van der Waals surface area contributed by atoms with Crippen LogP contribution in [-0.4, -0.2) is 63.2 Å². The summed E-state index contributed by atoms with van der Waals surface area (Å²) in [4.78, 5) is 94.5. The van der Waals surface area contributed by atoms with Crippen LogP contribution in [0.25, 0.3) is 45.1 Å². The number of hydrogen-bond donors (Lipinski definition) is 8. The van der Waals surface area contributed by atoms with Crippen molar-refractivity contribution >= 4 is 52.4 Å². The Morgan fingerprint density at radius 1 is 0.435 bits per heavy atom. The van der Waals surface area contributed by atoms with Gasteiger partial charge in [-0.2, -0.15) is 0 Å². The zero-order valence-electron chi connectivity index (χ0n) is 34.0. The second kappa shape index (κ2) is 16.9. The number of rotatable bonds is 14. The van der Waals surface area contributed by atoms with Gasteiger partial charge in [0.05, 0.1) is 59.8 Å². The summed E-state index contributed by atoms with van der Waals surface area (Å²) < 4.78 is 52.7. The van der Waals surface area contributed by atoms with Gasteiger partial charge in [0.1, 0.15) is 11.4 Å². The highest BCUT2D eigenvalue weighted by Gasteiger charge is 2.27. The number of hydrogen-bond acceptors (Lipinski definition) is 7. The van der Waals surface area contributed by atoms with E-state index in [2.05, 4.69) is 0 Å². The summed E-state index contributed by atoms with van der Waals surface area (Å²) >= 11 is 0. The lowest BCUT2D eigenvalue weighted by Gasteiger charge is -2.21. The average Bonchev–Trinajstić information content (AvgIpc) is 3.72. The lowest BCUT2D eigenvalue weighted by atomic mass is 9.94. The van der Waals surface area contributed by atoms with E-state index in [9.17, 15) is 57.4 Å². The first-order chi connectivity index (χ1) is 28.9. The third-order valence-corrected chi connectivity index (χ3v) is 14.1. The van der Waals surface area contributed by atoms with Crippen molar-refractivity contribution in [3.8, 4) is 23.0 Å². The second-order valence-corrected chi connectivity index (χ2v) is 22.1. The first-order valence-electron chi connectivity index (χ1n) is 19.1. The fourth-order valence-corrected chi connectivity index (χ4v) is 11.2. The Labute approximate surface area is 355 Å². The molecule has 3 aromatic heterocycles. The van der Waals surface area contributed by atoms with Crippen LogP contribution in [-0.2, 0) is 56.0 Å². The third kappa shape index (κ3) is 10.2.